The number of piperidine rings is 1. The van der Waals surface area contributed by atoms with Gasteiger partial charge in [-0.05, 0) is 33.2 Å². The minimum Gasteiger partial charge on any atom is -0.382 e. The zero-order valence-electron chi connectivity index (χ0n) is 9.27. The predicted octanol–water partition coefficient (Wildman–Crippen LogP) is 0.430. The molecule has 0 bridgehead atoms. The maximum Gasteiger partial charge on any atom is 0.122 e. The first-order valence-electron chi connectivity index (χ1n) is 5.47. The van der Waals surface area contributed by atoms with Gasteiger partial charge >= 0.3 is 0 Å². The van der Waals surface area contributed by atoms with Gasteiger partial charge in [-0.1, -0.05) is 5.21 Å². The molecule has 0 radical (unpaired) electrons. The maximum absolute atomic E-state index is 10.4. The molecule has 5 heteroatoms. The molecule has 0 saturated carbocycles. The predicted molar refractivity (Wildman–Crippen MR) is 56.4 cm³/mol. The molecular weight excluding hydrogens is 192 g/mol. The van der Waals surface area contributed by atoms with E-state index in [1.165, 1.54) is 0 Å². The molecule has 1 saturated heterocycles. The lowest BCUT2D eigenvalue weighted by molar-refractivity contribution is 0.00811. The van der Waals surface area contributed by atoms with Crippen molar-refractivity contribution < 1.29 is 5.11 Å². The van der Waals surface area contributed by atoms with E-state index in [0.717, 1.165) is 19.4 Å². The van der Waals surface area contributed by atoms with Crippen LogP contribution in [0.4, 0.5) is 0 Å². The van der Waals surface area contributed by atoms with Crippen molar-refractivity contribution in [2.75, 3.05) is 13.1 Å². The molecule has 15 heavy (non-hydrogen) atoms. The van der Waals surface area contributed by atoms with Gasteiger partial charge in [-0.25, -0.2) is 4.68 Å². The van der Waals surface area contributed by atoms with E-state index in [1.54, 1.807) is 4.68 Å². The highest BCUT2D eigenvalue weighted by atomic mass is 16.3. The van der Waals surface area contributed by atoms with E-state index in [1.807, 2.05) is 20.0 Å². The molecule has 2 heterocycles. The van der Waals surface area contributed by atoms with Gasteiger partial charge in [0.2, 0.25) is 0 Å². The van der Waals surface area contributed by atoms with Crippen LogP contribution in [0.15, 0.2) is 6.20 Å². The van der Waals surface area contributed by atoms with Crippen LogP contribution in [0.5, 0.6) is 0 Å². The second-order valence-corrected chi connectivity index (χ2v) is 4.49. The van der Waals surface area contributed by atoms with E-state index in [2.05, 4.69) is 15.6 Å². The quantitative estimate of drug-likeness (QED) is 0.743. The van der Waals surface area contributed by atoms with Crippen molar-refractivity contribution in [1.29, 1.82) is 0 Å². The average Bonchev–Trinajstić information content (AvgIpc) is 2.68. The summed E-state index contributed by atoms with van der Waals surface area (Å²) in [5.74, 6) is 0. The first kappa shape index (κ1) is 10.6. The first-order chi connectivity index (χ1) is 7.12. The maximum atomic E-state index is 10.4. The monoisotopic (exact) mass is 210 g/mol. The molecule has 1 fully saturated rings. The lowest BCUT2D eigenvalue weighted by Gasteiger charge is -2.30. The molecule has 0 unspecified atom stereocenters. The second kappa shape index (κ2) is 3.90. The number of hydrogen-bond acceptors (Lipinski definition) is 4. The topological polar surface area (TPSA) is 63.0 Å². The average molecular weight is 210 g/mol. The van der Waals surface area contributed by atoms with Gasteiger partial charge in [-0.15, -0.1) is 5.10 Å². The van der Waals surface area contributed by atoms with Crippen LogP contribution in [0.25, 0.3) is 0 Å². The van der Waals surface area contributed by atoms with Gasteiger partial charge in [-0.3, -0.25) is 0 Å². The summed E-state index contributed by atoms with van der Waals surface area (Å²) < 4.78 is 1.78. The summed E-state index contributed by atoms with van der Waals surface area (Å²) in [6, 6.07) is 0.284. The smallest absolute Gasteiger partial charge is 0.122 e. The largest absolute Gasteiger partial charge is 0.382 e. The Morgan fingerprint density at radius 2 is 2.40 bits per heavy atom. The highest BCUT2D eigenvalue weighted by molar-refractivity contribution is 5.09. The fraction of sp³-hybridized carbons (Fsp3) is 0.800. The molecule has 1 atom stereocenters. The van der Waals surface area contributed by atoms with E-state index in [4.69, 9.17) is 0 Å². The van der Waals surface area contributed by atoms with Crippen molar-refractivity contribution in [1.82, 2.24) is 20.3 Å². The summed E-state index contributed by atoms with van der Waals surface area (Å²) in [5.41, 5.74) is -0.144. The van der Waals surface area contributed by atoms with Gasteiger partial charge in [-0.2, -0.15) is 0 Å². The fourth-order valence-electron chi connectivity index (χ4n) is 1.85. The lowest BCUT2D eigenvalue weighted by atomic mass is 9.91. The highest BCUT2D eigenvalue weighted by Gasteiger charge is 2.34. The summed E-state index contributed by atoms with van der Waals surface area (Å²) >= 11 is 0. The number of β-amino-alcohol motifs (C(OH)–C–C–N with tert-alkyl or cyclic N) is 1. The zero-order chi connectivity index (χ0) is 10.9. The van der Waals surface area contributed by atoms with Crippen LogP contribution in [0.3, 0.4) is 0 Å². The van der Waals surface area contributed by atoms with Crippen LogP contribution in [0, 0.1) is 0 Å². The fourth-order valence-corrected chi connectivity index (χ4v) is 1.85. The van der Waals surface area contributed by atoms with Crippen LogP contribution in [0.1, 0.15) is 38.4 Å². The molecule has 5 nitrogen and oxygen atoms in total. The van der Waals surface area contributed by atoms with Crippen LogP contribution in [-0.2, 0) is 5.60 Å². The Morgan fingerprint density at radius 1 is 1.60 bits per heavy atom. The van der Waals surface area contributed by atoms with Gasteiger partial charge in [0, 0.05) is 12.6 Å². The molecule has 0 aromatic carbocycles. The molecular formula is C10H18N4O. The lowest BCUT2D eigenvalue weighted by Crippen LogP contribution is -2.43. The summed E-state index contributed by atoms with van der Waals surface area (Å²) in [4.78, 5) is 0. The summed E-state index contributed by atoms with van der Waals surface area (Å²) in [6.07, 6.45) is 3.58. The summed E-state index contributed by atoms with van der Waals surface area (Å²) in [7, 11) is 0. The van der Waals surface area contributed by atoms with Crippen molar-refractivity contribution in [2.45, 2.75) is 38.3 Å². The number of nitrogens with one attached hydrogen (secondary N) is 1. The van der Waals surface area contributed by atoms with E-state index >= 15 is 0 Å². The van der Waals surface area contributed by atoms with Crippen LogP contribution < -0.4 is 5.32 Å². The van der Waals surface area contributed by atoms with Crippen molar-refractivity contribution >= 4 is 0 Å². The molecule has 1 aromatic rings. The van der Waals surface area contributed by atoms with Crippen LogP contribution in [-0.4, -0.2) is 33.2 Å². The summed E-state index contributed by atoms with van der Waals surface area (Å²) in [5, 5.41) is 21.6. The number of hydrogen-bond donors (Lipinski definition) is 2. The normalized spacial score (nSPS) is 27.2. The molecule has 84 valence electrons. The Balaban J connectivity index is 2.20. The number of rotatable bonds is 2. The minimum absolute atomic E-state index is 0.284. The Hall–Kier alpha value is -0.940. The van der Waals surface area contributed by atoms with E-state index < -0.39 is 5.60 Å². The minimum atomic E-state index is -0.828. The highest BCUT2D eigenvalue weighted by Crippen LogP contribution is 2.26. The molecule has 2 rings (SSSR count). The van der Waals surface area contributed by atoms with Crippen LogP contribution >= 0.6 is 0 Å². The van der Waals surface area contributed by atoms with Gasteiger partial charge in [0.15, 0.2) is 0 Å². The zero-order valence-corrected chi connectivity index (χ0v) is 9.27. The van der Waals surface area contributed by atoms with Gasteiger partial charge in [0.1, 0.15) is 11.3 Å². The molecule has 0 spiro atoms. The molecule has 0 aliphatic carbocycles. The molecule has 1 aliphatic heterocycles. The standard InChI is InChI=1S/C10H18N4O/c1-8(2)14-6-9(12-13-14)10(15)4-3-5-11-7-10/h6,8,11,15H,3-5,7H2,1-2H3/t10-/m0/s1. The van der Waals surface area contributed by atoms with E-state index in [-0.39, 0.29) is 6.04 Å². The third-order valence-corrected chi connectivity index (χ3v) is 2.88. The number of aliphatic hydroxyl groups is 1. The van der Waals surface area contributed by atoms with Gasteiger partial charge in [0.05, 0.1) is 6.20 Å². The Kier molecular flexibility index (Phi) is 2.75. The molecule has 0 amide bonds. The van der Waals surface area contributed by atoms with Crippen molar-refractivity contribution in [3.8, 4) is 0 Å². The number of aromatic nitrogens is 3. The van der Waals surface area contributed by atoms with E-state index in [0.29, 0.717) is 12.2 Å². The second-order valence-electron chi connectivity index (χ2n) is 4.49. The summed E-state index contributed by atoms with van der Waals surface area (Å²) in [6.45, 7) is 5.63. The first-order valence-corrected chi connectivity index (χ1v) is 5.47. The van der Waals surface area contributed by atoms with Gasteiger partial charge in [0.25, 0.3) is 0 Å². The Labute approximate surface area is 89.5 Å². The van der Waals surface area contributed by atoms with Gasteiger partial charge < -0.3 is 10.4 Å². The van der Waals surface area contributed by atoms with Crippen LogP contribution in [0.2, 0.25) is 0 Å². The van der Waals surface area contributed by atoms with Crippen molar-refractivity contribution in [3.63, 3.8) is 0 Å². The Bertz CT molecular complexity index is 328. The number of nitrogens with zero attached hydrogens (tertiary/aromatic N) is 3. The molecule has 1 aliphatic rings. The van der Waals surface area contributed by atoms with Crippen molar-refractivity contribution in [3.05, 3.63) is 11.9 Å². The van der Waals surface area contributed by atoms with Crippen molar-refractivity contribution in [2.24, 2.45) is 0 Å². The Morgan fingerprint density at radius 3 is 2.93 bits per heavy atom. The third-order valence-electron chi connectivity index (χ3n) is 2.88. The third kappa shape index (κ3) is 2.03. The molecule has 1 aromatic heterocycles. The molecule has 2 N–H and O–H groups in total. The SMILES string of the molecule is CC(C)n1cc([C@]2(O)CCCNC2)nn1. The van der Waals surface area contributed by atoms with E-state index in [9.17, 15) is 5.11 Å².